The van der Waals surface area contributed by atoms with E-state index in [9.17, 15) is 9.59 Å². The van der Waals surface area contributed by atoms with Gasteiger partial charge in [0.15, 0.2) is 0 Å². The molecule has 1 aliphatic rings. The average molecular weight is 228 g/mol. The van der Waals surface area contributed by atoms with E-state index in [0.29, 0.717) is 32.0 Å². The zero-order chi connectivity index (χ0) is 12.0. The van der Waals surface area contributed by atoms with Gasteiger partial charge in [0.05, 0.1) is 0 Å². The van der Waals surface area contributed by atoms with Crippen LogP contribution in [-0.2, 0) is 9.59 Å². The molecule has 0 bridgehead atoms. The van der Waals surface area contributed by atoms with Crippen LogP contribution in [0.25, 0.3) is 0 Å². The minimum Gasteiger partial charge on any atom is -0.396 e. The van der Waals surface area contributed by atoms with E-state index in [1.807, 2.05) is 0 Å². The van der Waals surface area contributed by atoms with Gasteiger partial charge in [0.2, 0.25) is 0 Å². The minimum atomic E-state index is -0.553. The summed E-state index contributed by atoms with van der Waals surface area (Å²) in [5.74, 6) is -0.352. The van der Waals surface area contributed by atoms with Crippen LogP contribution in [0.4, 0.5) is 0 Å². The summed E-state index contributed by atoms with van der Waals surface area (Å²) in [6, 6.07) is 0. The minimum absolute atomic E-state index is 0.0235. The Hall–Kier alpha value is -1.10. The van der Waals surface area contributed by atoms with Gasteiger partial charge in [-0.15, -0.1) is 0 Å². The first-order valence-electron chi connectivity index (χ1n) is 5.83. The first-order valence-corrected chi connectivity index (χ1v) is 5.83. The lowest BCUT2D eigenvalue weighted by Crippen LogP contribution is -2.46. The number of aliphatic hydroxyl groups excluding tert-OH is 1. The van der Waals surface area contributed by atoms with Gasteiger partial charge in [-0.1, -0.05) is 6.92 Å². The molecule has 1 saturated heterocycles. The number of hydrogen-bond acceptors (Lipinski definition) is 3. The van der Waals surface area contributed by atoms with Crippen molar-refractivity contribution < 1.29 is 14.7 Å². The largest absolute Gasteiger partial charge is 0.396 e. The molecule has 0 radical (unpaired) electrons. The molecule has 5 heteroatoms. The molecule has 1 heterocycles. The molecule has 0 atom stereocenters. The Labute approximate surface area is 95.8 Å². The summed E-state index contributed by atoms with van der Waals surface area (Å²) in [5, 5.41) is 11.1. The molecular formula is C11H20N2O3. The number of rotatable bonds is 3. The molecule has 0 spiro atoms. The molecule has 2 amide bonds. The van der Waals surface area contributed by atoms with Crippen LogP contribution in [0, 0.1) is 5.92 Å². The normalized spacial score (nSPS) is 17.2. The van der Waals surface area contributed by atoms with Crippen LogP contribution in [0.15, 0.2) is 0 Å². The average Bonchev–Trinajstić information content (AvgIpc) is 2.29. The van der Waals surface area contributed by atoms with Crippen molar-refractivity contribution in [3.63, 3.8) is 0 Å². The number of carbonyl (C=O) groups is 2. The van der Waals surface area contributed by atoms with Crippen molar-refractivity contribution in [1.82, 2.24) is 10.2 Å². The van der Waals surface area contributed by atoms with Crippen LogP contribution in [0.2, 0.25) is 0 Å². The van der Waals surface area contributed by atoms with Crippen molar-refractivity contribution in [2.45, 2.75) is 26.2 Å². The molecule has 1 fully saturated rings. The zero-order valence-corrected chi connectivity index (χ0v) is 9.74. The molecular weight excluding hydrogens is 208 g/mol. The van der Waals surface area contributed by atoms with Gasteiger partial charge >= 0.3 is 11.8 Å². The summed E-state index contributed by atoms with van der Waals surface area (Å²) < 4.78 is 0. The molecule has 92 valence electrons. The third-order valence-electron chi connectivity index (χ3n) is 2.89. The van der Waals surface area contributed by atoms with Crippen LogP contribution in [0.5, 0.6) is 0 Å². The van der Waals surface area contributed by atoms with E-state index in [2.05, 4.69) is 12.2 Å². The predicted molar refractivity (Wildman–Crippen MR) is 59.7 cm³/mol. The van der Waals surface area contributed by atoms with E-state index < -0.39 is 11.8 Å². The Morgan fingerprint density at radius 3 is 2.56 bits per heavy atom. The van der Waals surface area contributed by atoms with Crippen molar-refractivity contribution in [2.75, 3.05) is 26.2 Å². The van der Waals surface area contributed by atoms with Crippen LogP contribution < -0.4 is 5.32 Å². The van der Waals surface area contributed by atoms with E-state index in [1.54, 1.807) is 4.90 Å². The van der Waals surface area contributed by atoms with E-state index >= 15 is 0 Å². The molecule has 0 saturated carbocycles. The highest BCUT2D eigenvalue weighted by Gasteiger charge is 2.24. The first kappa shape index (κ1) is 13.0. The van der Waals surface area contributed by atoms with Gasteiger partial charge in [-0.05, 0) is 25.2 Å². The number of nitrogens with zero attached hydrogens (tertiary/aromatic N) is 1. The molecule has 16 heavy (non-hydrogen) atoms. The maximum atomic E-state index is 11.7. The fourth-order valence-corrected chi connectivity index (χ4v) is 1.71. The van der Waals surface area contributed by atoms with Crippen molar-refractivity contribution in [1.29, 1.82) is 0 Å². The second-order valence-corrected chi connectivity index (χ2v) is 4.31. The van der Waals surface area contributed by atoms with Crippen molar-refractivity contribution in [2.24, 2.45) is 5.92 Å². The summed E-state index contributed by atoms with van der Waals surface area (Å²) in [6.07, 6.45) is 2.42. The van der Waals surface area contributed by atoms with Crippen LogP contribution in [-0.4, -0.2) is 48.1 Å². The number of hydrogen-bond donors (Lipinski definition) is 2. The third-order valence-corrected chi connectivity index (χ3v) is 2.89. The highest BCUT2D eigenvalue weighted by atomic mass is 16.3. The molecule has 0 aromatic carbocycles. The van der Waals surface area contributed by atoms with Gasteiger partial charge in [0.1, 0.15) is 0 Å². The van der Waals surface area contributed by atoms with Gasteiger partial charge in [0, 0.05) is 26.2 Å². The Kier molecular flexibility index (Phi) is 5.25. The molecule has 2 N–H and O–H groups in total. The number of piperidine rings is 1. The van der Waals surface area contributed by atoms with Crippen LogP contribution >= 0.6 is 0 Å². The summed E-state index contributed by atoms with van der Waals surface area (Å²) in [5.41, 5.74) is 0. The van der Waals surface area contributed by atoms with E-state index in [-0.39, 0.29) is 6.61 Å². The van der Waals surface area contributed by atoms with Crippen LogP contribution in [0.1, 0.15) is 26.2 Å². The molecule has 1 aliphatic heterocycles. The lowest BCUT2D eigenvalue weighted by atomic mass is 9.99. The van der Waals surface area contributed by atoms with E-state index in [0.717, 1.165) is 12.8 Å². The Balaban J connectivity index is 2.30. The SMILES string of the molecule is CC1CCN(C(=O)C(=O)NCCCO)CC1. The van der Waals surface area contributed by atoms with Crippen LogP contribution in [0.3, 0.4) is 0 Å². The first-order chi connectivity index (χ1) is 7.65. The van der Waals surface area contributed by atoms with Crippen molar-refractivity contribution in [3.8, 4) is 0 Å². The smallest absolute Gasteiger partial charge is 0.311 e. The Morgan fingerprint density at radius 1 is 1.38 bits per heavy atom. The second-order valence-electron chi connectivity index (χ2n) is 4.31. The molecule has 0 aromatic rings. The van der Waals surface area contributed by atoms with E-state index in [4.69, 9.17) is 5.11 Å². The Bertz CT molecular complexity index is 248. The van der Waals surface area contributed by atoms with Gasteiger partial charge in [0.25, 0.3) is 0 Å². The number of carbonyl (C=O) groups excluding carboxylic acids is 2. The number of amides is 2. The van der Waals surface area contributed by atoms with Gasteiger partial charge in [-0.25, -0.2) is 0 Å². The lowest BCUT2D eigenvalue weighted by molar-refractivity contribution is -0.146. The standard InChI is InChI=1S/C11H20N2O3/c1-9-3-6-13(7-4-9)11(16)10(15)12-5-2-8-14/h9,14H,2-8H2,1H3,(H,12,15). The summed E-state index contributed by atoms with van der Waals surface area (Å²) in [6.45, 7) is 3.88. The highest BCUT2D eigenvalue weighted by molar-refractivity contribution is 6.35. The summed E-state index contributed by atoms with van der Waals surface area (Å²) in [4.78, 5) is 24.7. The summed E-state index contributed by atoms with van der Waals surface area (Å²) in [7, 11) is 0. The molecule has 5 nitrogen and oxygen atoms in total. The maximum absolute atomic E-state index is 11.7. The third kappa shape index (κ3) is 3.81. The Morgan fingerprint density at radius 2 is 2.00 bits per heavy atom. The predicted octanol–water partition coefficient (Wildman–Crippen LogP) is -0.257. The molecule has 0 aromatic heterocycles. The van der Waals surface area contributed by atoms with Gasteiger partial charge in [-0.2, -0.15) is 0 Å². The maximum Gasteiger partial charge on any atom is 0.311 e. The molecule has 0 aliphatic carbocycles. The van der Waals surface area contributed by atoms with Crippen molar-refractivity contribution in [3.05, 3.63) is 0 Å². The molecule has 1 rings (SSSR count). The summed E-state index contributed by atoms with van der Waals surface area (Å²) >= 11 is 0. The fraction of sp³-hybridized carbons (Fsp3) is 0.818. The lowest BCUT2D eigenvalue weighted by Gasteiger charge is -2.29. The topological polar surface area (TPSA) is 69.6 Å². The quantitative estimate of drug-likeness (QED) is 0.516. The second kappa shape index (κ2) is 6.48. The molecule has 0 unspecified atom stereocenters. The van der Waals surface area contributed by atoms with Crippen molar-refractivity contribution >= 4 is 11.8 Å². The van der Waals surface area contributed by atoms with Gasteiger partial charge < -0.3 is 15.3 Å². The number of nitrogens with one attached hydrogen (secondary N) is 1. The van der Waals surface area contributed by atoms with Gasteiger partial charge in [-0.3, -0.25) is 9.59 Å². The van der Waals surface area contributed by atoms with E-state index in [1.165, 1.54) is 0 Å². The monoisotopic (exact) mass is 228 g/mol. The fourth-order valence-electron chi connectivity index (χ4n) is 1.71. The number of aliphatic hydroxyl groups is 1. The highest BCUT2D eigenvalue weighted by Crippen LogP contribution is 2.15. The zero-order valence-electron chi connectivity index (χ0n) is 9.74. The number of likely N-dealkylation sites (tertiary alicyclic amines) is 1.